The van der Waals surface area contributed by atoms with E-state index in [9.17, 15) is 9.18 Å². The van der Waals surface area contributed by atoms with Gasteiger partial charge in [0, 0.05) is 12.4 Å². The highest BCUT2D eigenvalue weighted by atomic mass is 19.1. The summed E-state index contributed by atoms with van der Waals surface area (Å²) in [6.07, 6.45) is 5.12. The highest BCUT2D eigenvalue weighted by Gasteiger charge is 2.17. The van der Waals surface area contributed by atoms with Gasteiger partial charge in [-0.25, -0.2) is 9.37 Å². The molecule has 1 aromatic carbocycles. The molecule has 5 nitrogen and oxygen atoms in total. The van der Waals surface area contributed by atoms with Crippen molar-refractivity contribution in [3.63, 3.8) is 0 Å². The number of carbonyl (C=O) groups excluding carboxylic acids is 1. The number of benzene rings is 1. The Labute approximate surface area is 129 Å². The average molecular weight is 302 g/mol. The Morgan fingerprint density at radius 2 is 2.00 bits per heavy atom. The molecule has 0 aliphatic rings. The summed E-state index contributed by atoms with van der Waals surface area (Å²) in [7, 11) is 3.93. The van der Waals surface area contributed by atoms with Gasteiger partial charge in [0.1, 0.15) is 11.5 Å². The predicted molar refractivity (Wildman–Crippen MR) is 81.8 cm³/mol. The van der Waals surface area contributed by atoms with Crippen molar-refractivity contribution in [2.45, 2.75) is 12.5 Å². The lowest BCUT2D eigenvalue weighted by Crippen LogP contribution is -2.31. The molecule has 2 rings (SSSR count). The minimum Gasteiger partial charge on any atom is -0.344 e. The van der Waals surface area contributed by atoms with E-state index in [1.54, 1.807) is 12.1 Å². The van der Waals surface area contributed by atoms with Crippen LogP contribution in [0.15, 0.2) is 42.9 Å². The van der Waals surface area contributed by atoms with Crippen LogP contribution in [0.2, 0.25) is 0 Å². The molecule has 1 heterocycles. The summed E-state index contributed by atoms with van der Waals surface area (Å²) in [5.41, 5.74) is 1.12. The molecule has 0 saturated heterocycles. The van der Waals surface area contributed by atoms with Crippen LogP contribution in [-0.4, -0.2) is 41.4 Å². The smallest absolute Gasteiger partial charge is 0.271 e. The fraction of sp³-hybridized carbons (Fsp3) is 0.312. The van der Waals surface area contributed by atoms with Crippen molar-refractivity contribution in [3.8, 4) is 0 Å². The normalized spacial score (nSPS) is 12.2. The number of halogens is 1. The Morgan fingerprint density at radius 3 is 2.59 bits per heavy atom. The molecule has 116 valence electrons. The largest absolute Gasteiger partial charge is 0.344 e. The molecule has 1 N–H and O–H groups in total. The Bertz CT molecular complexity index is 601. The van der Waals surface area contributed by atoms with Crippen LogP contribution in [0.4, 0.5) is 4.39 Å². The second-order valence-corrected chi connectivity index (χ2v) is 5.26. The zero-order chi connectivity index (χ0) is 15.9. The Hall–Kier alpha value is -2.34. The van der Waals surface area contributed by atoms with Gasteiger partial charge in [-0.3, -0.25) is 9.78 Å². The van der Waals surface area contributed by atoms with E-state index >= 15 is 0 Å². The fourth-order valence-corrected chi connectivity index (χ4v) is 2.05. The van der Waals surface area contributed by atoms with Crippen molar-refractivity contribution in [1.82, 2.24) is 20.2 Å². The van der Waals surface area contributed by atoms with E-state index in [2.05, 4.69) is 15.3 Å². The molecule has 1 aromatic heterocycles. The van der Waals surface area contributed by atoms with E-state index < -0.39 is 0 Å². The zero-order valence-electron chi connectivity index (χ0n) is 12.7. The van der Waals surface area contributed by atoms with Gasteiger partial charge in [-0.1, -0.05) is 12.1 Å². The van der Waals surface area contributed by atoms with E-state index in [4.69, 9.17) is 0 Å². The lowest BCUT2D eigenvalue weighted by atomic mass is 10.0. The summed E-state index contributed by atoms with van der Waals surface area (Å²) in [4.78, 5) is 22.2. The molecule has 1 atom stereocenters. The summed E-state index contributed by atoms with van der Waals surface area (Å²) in [6, 6.07) is 5.95. The predicted octanol–water partition coefficient (Wildman–Crippen LogP) is 2.04. The van der Waals surface area contributed by atoms with E-state index in [0.29, 0.717) is 6.42 Å². The maximum Gasteiger partial charge on any atom is 0.271 e. The van der Waals surface area contributed by atoms with Gasteiger partial charge in [-0.05, 0) is 44.8 Å². The van der Waals surface area contributed by atoms with Crippen molar-refractivity contribution >= 4 is 5.91 Å². The fourth-order valence-electron chi connectivity index (χ4n) is 2.05. The molecular weight excluding hydrogens is 283 g/mol. The molecule has 22 heavy (non-hydrogen) atoms. The minimum absolute atomic E-state index is 0.211. The second kappa shape index (κ2) is 7.61. The Morgan fingerprint density at radius 1 is 1.27 bits per heavy atom. The van der Waals surface area contributed by atoms with Crippen LogP contribution in [-0.2, 0) is 0 Å². The second-order valence-electron chi connectivity index (χ2n) is 5.26. The molecule has 1 unspecified atom stereocenters. The number of aromatic nitrogens is 2. The zero-order valence-corrected chi connectivity index (χ0v) is 12.7. The number of nitrogens with one attached hydrogen (secondary N) is 1. The summed E-state index contributed by atoms with van der Waals surface area (Å²) in [5.74, 6) is -0.587. The van der Waals surface area contributed by atoms with Gasteiger partial charge in [0.15, 0.2) is 0 Å². The van der Waals surface area contributed by atoms with Crippen molar-refractivity contribution in [3.05, 3.63) is 59.9 Å². The summed E-state index contributed by atoms with van der Waals surface area (Å²) < 4.78 is 13.1. The summed E-state index contributed by atoms with van der Waals surface area (Å²) in [6.45, 7) is 0.794. The third-order valence-electron chi connectivity index (χ3n) is 3.24. The molecule has 0 saturated carbocycles. The van der Waals surface area contributed by atoms with E-state index in [1.165, 1.54) is 30.7 Å². The van der Waals surface area contributed by atoms with Crippen LogP contribution >= 0.6 is 0 Å². The van der Waals surface area contributed by atoms with Crippen LogP contribution in [0.25, 0.3) is 0 Å². The highest BCUT2D eigenvalue weighted by Crippen LogP contribution is 2.18. The van der Waals surface area contributed by atoms with Crippen molar-refractivity contribution in [2.24, 2.45) is 0 Å². The number of rotatable bonds is 6. The summed E-state index contributed by atoms with van der Waals surface area (Å²) in [5, 5.41) is 2.93. The highest BCUT2D eigenvalue weighted by molar-refractivity contribution is 5.92. The first kappa shape index (κ1) is 16.0. The van der Waals surface area contributed by atoms with Crippen LogP contribution in [0.3, 0.4) is 0 Å². The molecule has 0 bridgehead atoms. The maximum atomic E-state index is 13.1. The number of amides is 1. The number of nitrogens with zero attached hydrogens (tertiary/aromatic N) is 3. The first-order valence-electron chi connectivity index (χ1n) is 7.03. The van der Waals surface area contributed by atoms with Gasteiger partial charge in [-0.15, -0.1) is 0 Å². The number of hydrogen-bond acceptors (Lipinski definition) is 4. The van der Waals surface area contributed by atoms with Gasteiger partial charge < -0.3 is 10.2 Å². The Balaban J connectivity index is 2.13. The standard InChI is InChI=1S/C16H19FN4O/c1-21(2)10-7-14(12-3-5-13(17)6-4-12)20-16(22)15-11-18-8-9-19-15/h3-6,8-9,11,14H,7,10H2,1-2H3,(H,20,22). The molecule has 0 fully saturated rings. The van der Waals surface area contributed by atoms with Crippen molar-refractivity contribution in [1.29, 1.82) is 0 Å². The number of carbonyl (C=O) groups is 1. The molecule has 6 heteroatoms. The summed E-state index contributed by atoms with van der Waals surface area (Å²) >= 11 is 0. The van der Waals surface area contributed by atoms with Gasteiger partial charge in [0.2, 0.25) is 0 Å². The van der Waals surface area contributed by atoms with Gasteiger partial charge in [-0.2, -0.15) is 0 Å². The molecule has 1 amide bonds. The topological polar surface area (TPSA) is 58.1 Å². The van der Waals surface area contributed by atoms with Gasteiger partial charge in [0.05, 0.1) is 12.2 Å². The van der Waals surface area contributed by atoms with Crippen LogP contribution < -0.4 is 5.32 Å². The van der Waals surface area contributed by atoms with Gasteiger partial charge >= 0.3 is 0 Å². The quantitative estimate of drug-likeness (QED) is 0.887. The Kier molecular flexibility index (Phi) is 5.55. The van der Waals surface area contributed by atoms with Crippen LogP contribution in [0.1, 0.15) is 28.5 Å². The first-order chi connectivity index (χ1) is 10.6. The monoisotopic (exact) mass is 302 g/mol. The third kappa shape index (κ3) is 4.60. The lowest BCUT2D eigenvalue weighted by molar-refractivity contribution is 0.0927. The number of hydrogen-bond donors (Lipinski definition) is 1. The first-order valence-corrected chi connectivity index (χ1v) is 7.03. The van der Waals surface area contributed by atoms with Crippen molar-refractivity contribution in [2.75, 3.05) is 20.6 Å². The third-order valence-corrected chi connectivity index (χ3v) is 3.24. The molecule has 0 radical (unpaired) electrons. The maximum absolute atomic E-state index is 13.1. The molecule has 0 aliphatic heterocycles. The molecule has 2 aromatic rings. The van der Waals surface area contributed by atoms with Gasteiger partial charge in [0.25, 0.3) is 5.91 Å². The lowest BCUT2D eigenvalue weighted by Gasteiger charge is -2.21. The van der Waals surface area contributed by atoms with E-state index in [-0.39, 0.29) is 23.5 Å². The van der Waals surface area contributed by atoms with Crippen LogP contribution in [0, 0.1) is 5.82 Å². The van der Waals surface area contributed by atoms with Crippen LogP contribution in [0.5, 0.6) is 0 Å². The average Bonchev–Trinajstić information content (AvgIpc) is 2.53. The molecular formula is C16H19FN4O. The van der Waals surface area contributed by atoms with Crippen molar-refractivity contribution < 1.29 is 9.18 Å². The SMILES string of the molecule is CN(C)CCC(NC(=O)c1cnccn1)c1ccc(F)cc1. The van der Waals surface area contributed by atoms with E-state index in [0.717, 1.165) is 12.1 Å². The molecule has 0 spiro atoms. The molecule has 0 aliphatic carbocycles. The van der Waals surface area contributed by atoms with E-state index in [1.807, 2.05) is 19.0 Å². The minimum atomic E-state index is -0.296.